The molecular formula is C19H27N3O3. The Labute approximate surface area is 148 Å². The fourth-order valence-corrected chi connectivity index (χ4v) is 4.12. The van der Waals surface area contributed by atoms with Crippen LogP contribution in [0.15, 0.2) is 4.52 Å². The molecule has 6 nitrogen and oxygen atoms in total. The van der Waals surface area contributed by atoms with Gasteiger partial charge in [0.1, 0.15) is 11.5 Å². The van der Waals surface area contributed by atoms with Gasteiger partial charge in [0.25, 0.3) is 0 Å². The third kappa shape index (κ3) is 3.44. The molecular weight excluding hydrogens is 318 g/mol. The van der Waals surface area contributed by atoms with Gasteiger partial charge >= 0.3 is 0 Å². The van der Waals surface area contributed by atoms with Crippen LogP contribution in [0.1, 0.15) is 55.5 Å². The first-order valence-corrected chi connectivity index (χ1v) is 9.63. The minimum absolute atomic E-state index is 0.0241. The second-order valence-electron chi connectivity index (χ2n) is 7.81. The Morgan fingerprint density at radius 3 is 2.56 bits per heavy atom. The number of rotatable bonds is 4. The second kappa shape index (κ2) is 6.81. The van der Waals surface area contributed by atoms with E-state index in [1.807, 2.05) is 11.9 Å². The van der Waals surface area contributed by atoms with Crippen molar-refractivity contribution in [2.24, 2.45) is 11.8 Å². The molecule has 3 aliphatic rings. The molecule has 0 radical (unpaired) electrons. The van der Waals surface area contributed by atoms with Crippen LogP contribution in [-0.4, -0.2) is 46.9 Å². The Bertz CT molecular complexity index is 657. The molecule has 4 rings (SSSR count). The number of amides is 2. The van der Waals surface area contributed by atoms with E-state index in [1.54, 1.807) is 4.90 Å². The highest BCUT2D eigenvalue weighted by atomic mass is 16.5. The Hall–Kier alpha value is -1.85. The molecule has 1 aromatic heterocycles. The lowest BCUT2D eigenvalue weighted by molar-refractivity contribution is -0.140. The lowest BCUT2D eigenvalue weighted by Gasteiger charge is -2.33. The standard InChI is InChI=1S/C19H27N3O3/c1-21(12-16-15-4-2-3-5-17(15)25-20-16)18(23)14-8-10-22(11-9-14)19(24)13-6-7-13/h13-14H,2-12H2,1H3. The van der Waals surface area contributed by atoms with Gasteiger partial charge in [0.15, 0.2) is 0 Å². The number of nitrogens with zero attached hydrogens (tertiary/aromatic N) is 3. The number of hydrogen-bond donors (Lipinski definition) is 0. The number of piperidine rings is 1. The van der Waals surface area contributed by atoms with E-state index in [0.717, 1.165) is 69.5 Å². The molecule has 1 saturated carbocycles. The Morgan fingerprint density at radius 1 is 1.12 bits per heavy atom. The van der Waals surface area contributed by atoms with Gasteiger partial charge in [-0.2, -0.15) is 0 Å². The maximum Gasteiger partial charge on any atom is 0.225 e. The molecule has 2 aliphatic carbocycles. The van der Waals surface area contributed by atoms with E-state index in [2.05, 4.69) is 5.16 Å². The maximum absolute atomic E-state index is 12.8. The van der Waals surface area contributed by atoms with Crippen molar-refractivity contribution in [1.82, 2.24) is 15.0 Å². The SMILES string of the molecule is CN(Cc1noc2c1CCCC2)C(=O)C1CCN(C(=O)C2CC2)CC1. The largest absolute Gasteiger partial charge is 0.361 e. The quantitative estimate of drug-likeness (QED) is 0.839. The van der Waals surface area contributed by atoms with Gasteiger partial charge in [-0.1, -0.05) is 5.16 Å². The van der Waals surface area contributed by atoms with Crippen molar-refractivity contribution in [3.63, 3.8) is 0 Å². The van der Waals surface area contributed by atoms with E-state index in [1.165, 1.54) is 12.0 Å². The highest BCUT2D eigenvalue weighted by molar-refractivity contribution is 5.82. The molecule has 0 aromatic carbocycles. The molecule has 0 atom stereocenters. The Morgan fingerprint density at radius 2 is 1.84 bits per heavy atom. The normalized spacial score (nSPS) is 21.1. The molecule has 0 spiro atoms. The number of fused-ring (bicyclic) bond motifs is 1. The van der Waals surface area contributed by atoms with Gasteiger partial charge in [0.05, 0.1) is 6.54 Å². The lowest BCUT2D eigenvalue weighted by Crippen LogP contribution is -2.43. The summed E-state index contributed by atoms with van der Waals surface area (Å²) < 4.78 is 5.45. The van der Waals surface area contributed by atoms with E-state index in [4.69, 9.17) is 4.52 Å². The summed E-state index contributed by atoms with van der Waals surface area (Å²) in [6.45, 7) is 1.97. The highest BCUT2D eigenvalue weighted by Gasteiger charge is 2.36. The molecule has 1 aromatic rings. The molecule has 6 heteroatoms. The zero-order chi connectivity index (χ0) is 17.4. The van der Waals surface area contributed by atoms with E-state index in [0.29, 0.717) is 12.5 Å². The van der Waals surface area contributed by atoms with Crippen LogP contribution < -0.4 is 0 Å². The first-order valence-electron chi connectivity index (χ1n) is 9.63. The van der Waals surface area contributed by atoms with Crippen LogP contribution in [0, 0.1) is 11.8 Å². The Balaban J connectivity index is 1.32. The molecule has 25 heavy (non-hydrogen) atoms. The van der Waals surface area contributed by atoms with Gasteiger partial charge in [0.2, 0.25) is 11.8 Å². The van der Waals surface area contributed by atoms with Crippen molar-refractivity contribution in [3.05, 3.63) is 17.0 Å². The number of hydrogen-bond acceptors (Lipinski definition) is 4. The zero-order valence-electron chi connectivity index (χ0n) is 15.0. The summed E-state index contributed by atoms with van der Waals surface area (Å²) in [5.74, 6) is 1.78. The van der Waals surface area contributed by atoms with E-state index >= 15 is 0 Å². The molecule has 0 N–H and O–H groups in total. The van der Waals surface area contributed by atoms with Crippen molar-refractivity contribution >= 4 is 11.8 Å². The average Bonchev–Trinajstić information content (AvgIpc) is 3.43. The van der Waals surface area contributed by atoms with Crippen LogP contribution in [0.3, 0.4) is 0 Å². The molecule has 2 fully saturated rings. The van der Waals surface area contributed by atoms with Gasteiger partial charge in [-0.3, -0.25) is 9.59 Å². The predicted molar refractivity (Wildman–Crippen MR) is 91.6 cm³/mol. The Kier molecular flexibility index (Phi) is 4.52. The molecule has 1 saturated heterocycles. The van der Waals surface area contributed by atoms with Crippen molar-refractivity contribution in [1.29, 1.82) is 0 Å². The molecule has 2 heterocycles. The number of aromatic nitrogens is 1. The minimum atomic E-state index is 0.0241. The third-order valence-electron chi connectivity index (χ3n) is 5.88. The monoisotopic (exact) mass is 345 g/mol. The van der Waals surface area contributed by atoms with Gasteiger partial charge < -0.3 is 14.3 Å². The third-order valence-corrected chi connectivity index (χ3v) is 5.88. The zero-order valence-corrected chi connectivity index (χ0v) is 15.0. The molecule has 0 unspecified atom stereocenters. The first kappa shape index (κ1) is 16.6. The fourth-order valence-electron chi connectivity index (χ4n) is 4.12. The molecule has 0 bridgehead atoms. The van der Waals surface area contributed by atoms with Crippen molar-refractivity contribution < 1.29 is 14.1 Å². The van der Waals surface area contributed by atoms with Crippen LogP contribution in [0.2, 0.25) is 0 Å². The van der Waals surface area contributed by atoms with Gasteiger partial charge in [-0.05, 0) is 44.9 Å². The van der Waals surface area contributed by atoms with Crippen LogP contribution in [-0.2, 0) is 29.0 Å². The summed E-state index contributed by atoms with van der Waals surface area (Å²) in [6, 6.07) is 0. The molecule has 136 valence electrons. The van der Waals surface area contributed by atoms with E-state index in [9.17, 15) is 9.59 Å². The van der Waals surface area contributed by atoms with Crippen molar-refractivity contribution in [2.45, 2.75) is 57.9 Å². The van der Waals surface area contributed by atoms with Crippen LogP contribution in [0.4, 0.5) is 0 Å². The minimum Gasteiger partial charge on any atom is -0.361 e. The van der Waals surface area contributed by atoms with Crippen LogP contribution in [0.25, 0.3) is 0 Å². The number of aryl methyl sites for hydroxylation is 1. The predicted octanol–water partition coefficient (Wildman–Crippen LogP) is 2.16. The van der Waals surface area contributed by atoms with Gasteiger partial charge in [0, 0.05) is 44.0 Å². The van der Waals surface area contributed by atoms with Crippen LogP contribution >= 0.6 is 0 Å². The first-order chi connectivity index (χ1) is 12.1. The lowest BCUT2D eigenvalue weighted by atomic mass is 9.94. The summed E-state index contributed by atoms with van der Waals surface area (Å²) in [6.07, 6.45) is 7.95. The van der Waals surface area contributed by atoms with Crippen molar-refractivity contribution in [3.8, 4) is 0 Å². The summed E-state index contributed by atoms with van der Waals surface area (Å²) in [7, 11) is 1.86. The molecule has 2 amide bonds. The van der Waals surface area contributed by atoms with Gasteiger partial charge in [-0.15, -0.1) is 0 Å². The number of carbonyl (C=O) groups is 2. The van der Waals surface area contributed by atoms with Crippen LogP contribution in [0.5, 0.6) is 0 Å². The summed E-state index contributed by atoms with van der Waals surface area (Å²) in [5, 5.41) is 4.21. The van der Waals surface area contributed by atoms with Crippen molar-refractivity contribution in [2.75, 3.05) is 20.1 Å². The van der Waals surface area contributed by atoms with E-state index < -0.39 is 0 Å². The fraction of sp³-hybridized carbons (Fsp3) is 0.737. The number of likely N-dealkylation sites (tertiary alicyclic amines) is 1. The smallest absolute Gasteiger partial charge is 0.225 e. The number of carbonyl (C=O) groups excluding carboxylic acids is 2. The molecule has 1 aliphatic heterocycles. The summed E-state index contributed by atoms with van der Waals surface area (Å²) in [5.41, 5.74) is 2.14. The topological polar surface area (TPSA) is 66.7 Å². The second-order valence-corrected chi connectivity index (χ2v) is 7.81. The average molecular weight is 345 g/mol. The maximum atomic E-state index is 12.8. The van der Waals surface area contributed by atoms with E-state index in [-0.39, 0.29) is 17.7 Å². The summed E-state index contributed by atoms with van der Waals surface area (Å²) >= 11 is 0. The summed E-state index contributed by atoms with van der Waals surface area (Å²) in [4.78, 5) is 28.7. The van der Waals surface area contributed by atoms with Gasteiger partial charge in [-0.25, -0.2) is 0 Å². The highest BCUT2D eigenvalue weighted by Crippen LogP contribution is 2.33.